The molecule has 0 bridgehead atoms. The van der Waals surface area contributed by atoms with Crippen LogP contribution in [0.1, 0.15) is 31.2 Å². The molecule has 3 fully saturated rings. The van der Waals surface area contributed by atoms with E-state index in [4.69, 9.17) is 9.47 Å². The number of benzene rings is 1. The monoisotopic (exact) mass is 402 g/mol. The highest BCUT2D eigenvalue weighted by molar-refractivity contribution is 5.48. The van der Waals surface area contributed by atoms with Crippen molar-refractivity contribution in [1.29, 1.82) is 0 Å². The molecule has 1 aromatic rings. The lowest BCUT2D eigenvalue weighted by Crippen LogP contribution is -2.57. The Balaban J connectivity index is 1.35. The van der Waals surface area contributed by atoms with E-state index in [-0.39, 0.29) is 5.82 Å². The third-order valence-corrected chi connectivity index (χ3v) is 7.27. The number of hydrogen-bond acceptors (Lipinski definition) is 4. The second-order valence-corrected chi connectivity index (χ2v) is 9.05. The van der Waals surface area contributed by atoms with Gasteiger partial charge in [0, 0.05) is 44.7 Å². The van der Waals surface area contributed by atoms with E-state index in [9.17, 15) is 4.39 Å². The summed E-state index contributed by atoms with van der Waals surface area (Å²) in [6.07, 6.45) is 9.42. The van der Waals surface area contributed by atoms with Crippen LogP contribution in [0.2, 0.25) is 0 Å². The van der Waals surface area contributed by atoms with E-state index in [1.165, 1.54) is 37.8 Å². The van der Waals surface area contributed by atoms with Gasteiger partial charge in [0.25, 0.3) is 0 Å². The first kappa shape index (κ1) is 21.0. The summed E-state index contributed by atoms with van der Waals surface area (Å²) < 4.78 is 24.4. The standard InChI is InChI=1S/C24H35FN2O2/c1-28-19-24-10-8-23(27-13-15-29-16-14-27)17-21(24)9-12-26(18-24)11-2-3-20-4-6-22(25)7-5-20/h2-7,21,23H,8-19H2,1H3. The molecular formula is C24H35FN2O2. The predicted octanol–water partition coefficient (Wildman–Crippen LogP) is 3.68. The summed E-state index contributed by atoms with van der Waals surface area (Å²) in [5, 5.41) is 0. The maximum atomic E-state index is 13.1. The Hall–Kier alpha value is -1.27. The fraction of sp³-hybridized carbons (Fsp3) is 0.667. The second kappa shape index (κ2) is 9.69. The van der Waals surface area contributed by atoms with Crippen LogP contribution >= 0.6 is 0 Å². The van der Waals surface area contributed by atoms with Crippen molar-refractivity contribution < 1.29 is 13.9 Å². The van der Waals surface area contributed by atoms with E-state index in [1.807, 2.05) is 19.2 Å². The molecular weight excluding hydrogens is 367 g/mol. The molecule has 2 saturated heterocycles. The van der Waals surface area contributed by atoms with E-state index in [2.05, 4.69) is 22.0 Å². The highest BCUT2D eigenvalue weighted by atomic mass is 19.1. The highest BCUT2D eigenvalue weighted by Crippen LogP contribution is 2.47. The molecule has 0 amide bonds. The van der Waals surface area contributed by atoms with Gasteiger partial charge in [-0.1, -0.05) is 24.3 Å². The third-order valence-electron chi connectivity index (χ3n) is 7.27. The first-order valence-corrected chi connectivity index (χ1v) is 11.1. The highest BCUT2D eigenvalue weighted by Gasteiger charge is 2.47. The zero-order valence-corrected chi connectivity index (χ0v) is 17.7. The predicted molar refractivity (Wildman–Crippen MR) is 114 cm³/mol. The average Bonchev–Trinajstić information content (AvgIpc) is 2.75. The van der Waals surface area contributed by atoms with Gasteiger partial charge in [-0.25, -0.2) is 4.39 Å². The molecule has 1 aliphatic carbocycles. The van der Waals surface area contributed by atoms with Crippen molar-refractivity contribution in [2.24, 2.45) is 11.3 Å². The third kappa shape index (κ3) is 5.08. The van der Waals surface area contributed by atoms with Crippen molar-refractivity contribution in [1.82, 2.24) is 9.80 Å². The van der Waals surface area contributed by atoms with Crippen molar-refractivity contribution in [3.63, 3.8) is 0 Å². The van der Waals surface area contributed by atoms with Crippen LogP contribution < -0.4 is 0 Å². The Labute approximate surface area is 174 Å². The zero-order valence-electron chi connectivity index (χ0n) is 17.7. The average molecular weight is 403 g/mol. The molecule has 0 aromatic heterocycles. The van der Waals surface area contributed by atoms with Crippen LogP contribution in [0.3, 0.4) is 0 Å². The Morgan fingerprint density at radius 3 is 2.72 bits per heavy atom. The van der Waals surface area contributed by atoms with Crippen LogP contribution in [-0.4, -0.2) is 75.5 Å². The number of morpholine rings is 1. The van der Waals surface area contributed by atoms with E-state index < -0.39 is 0 Å². The Bertz CT molecular complexity index is 674. The largest absolute Gasteiger partial charge is 0.384 e. The van der Waals surface area contributed by atoms with Crippen LogP contribution in [0.15, 0.2) is 30.3 Å². The maximum absolute atomic E-state index is 13.1. The van der Waals surface area contributed by atoms with Crippen LogP contribution in [0.25, 0.3) is 6.08 Å². The second-order valence-electron chi connectivity index (χ2n) is 9.05. The number of ether oxygens (including phenoxy) is 2. The number of rotatable bonds is 6. The zero-order chi connectivity index (χ0) is 20.1. The van der Waals surface area contributed by atoms with Gasteiger partial charge in [-0.15, -0.1) is 0 Å². The SMILES string of the molecule is COCC12CCC(N3CCOCC3)CC1CCN(CC=Cc1ccc(F)cc1)C2. The van der Waals surface area contributed by atoms with E-state index in [1.54, 1.807) is 0 Å². The lowest BCUT2D eigenvalue weighted by Gasteiger charge is -2.54. The number of likely N-dealkylation sites (tertiary alicyclic amines) is 1. The first-order valence-electron chi connectivity index (χ1n) is 11.1. The minimum absolute atomic E-state index is 0.182. The summed E-state index contributed by atoms with van der Waals surface area (Å²) in [6.45, 7) is 8.05. The van der Waals surface area contributed by atoms with Crippen LogP contribution in [-0.2, 0) is 9.47 Å². The van der Waals surface area contributed by atoms with Crippen LogP contribution in [0.5, 0.6) is 0 Å². The molecule has 0 radical (unpaired) electrons. The van der Waals surface area contributed by atoms with Gasteiger partial charge < -0.3 is 9.47 Å². The lowest BCUT2D eigenvalue weighted by molar-refractivity contribution is -0.0835. The molecule has 1 saturated carbocycles. The smallest absolute Gasteiger partial charge is 0.123 e. The molecule has 1 aromatic carbocycles. The van der Waals surface area contributed by atoms with Gasteiger partial charge in [-0.2, -0.15) is 0 Å². The van der Waals surface area contributed by atoms with Gasteiger partial charge in [-0.3, -0.25) is 9.80 Å². The van der Waals surface area contributed by atoms with Crippen molar-refractivity contribution in [3.8, 4) is 0 Å². The van der Waals surface area contributed by atoms with Gasteiger partial charge in [0.1, 0.15) is 5.82 Å². The normalized spacial score (nSPS) is 31.8. The topological polar surface area (TPSA) is 24.9 Å². The molecule has 5 heteroatoms. The minimum Gasteiger partial charge on any atom is -0.384 e. The van der Waals surface area contributed by atoms with Crippen molar-refractivity contribution >= 4 is 6.08 Å². The van der Waals surface area contributed by atoms with Crippen molar-refractivity contribution in [3.05, 3.63) is 41.7 Å². The molecule has 0 spiro atoms. The van der Waals surface area contributed by atoms with E-state index >= 15 is 0 Å². The summed E-state index contributed by atoms with van der Waals surface area (Å²) in [4.78, 5) is 5.24. The number of methoxy groups -OCH3 is 1. The summed E-state index contributed by atoms with van der Waals surface area (Å²) >= 11 is 0. The lowest BCUT2D eigenvalue weighted by atomic mass is 9.62. The molecule has 29 heavy (non-hydrogen) atoms. The summed E-state index contributed by atoms with van der Waals surface area (Å²) in [6, 6.07) is 7.42. The molecule has 2 aliphatic heterocycles. The van der Waals surface area contributed by atoms with E-state index in [0.717, 1.165) is 70.1 Å². The van der Waals surface area contributed by atoms with Gasteiger partial charge in [0.05, 0.1) is 19.8 Å². The molecule has 160 valence electrons. The molecule has 3 unspecified atom stereocenters. The molecule has 3 atom stereocenters. The number of piperidine rings is 1. The summed E-state index contributed by atoms with van der Waals surface area (Å²) in [5.74, 6) is 0.569. The van der Waals surface area contributed by atoms with Crippen LogP contribution in [0, 0.1) is 17.2 Å². The van der Waals surface area contributed by atoms with E-state index in [0.29, 0.717) is 5.41 Å². The Morgan fingerprint density at radius 2 is 1.97 bits per heavy atom. The Kier molecular flexibility index (Phi) is 7.01. The summed E-state index contributed by atoms with van der Waals surface area (Å²) in [5.41, 5.74) is 1.35. The fourth-order valence-electron chi connectivity index (χ4n) is 5.71. The van der Waals surface area contributed by atoms with Gasteiger partial charge in [0.2, 0.25) is 0 Å². The molecule has 0 N–H and O–H groups in total. The van der Waals surface area contributed by atoms with Gasteiger partial charge in [-0.05, 0) is 55.8 Å². The molecule has 3 aliphatic rings. The number of nitrogens with zero attached hydrogens (tertiary/aromatic N) is 2. The van der Waals surface area contributed by atoms with Gasteiger partial charge in [0.15, 0.2) is 0 Å². The molecule has 2 heterocycles. The molecule has 4 nitrogen and oxygen atoms in total. The van der Waals surface area contributed by atoms with Crippen molar-refractivity contribution in [2.75, 3.05) is 59.7 Å². The summed E-state index contributed by atoms with van der Waals surface area (Å²) in [7, 11) is 1.85. The number of halogens is 1. The number of hydrogen-bond donors (Lipinski definition) is 0. The van der Waals surface area contributed by atoms with Gasteiger partial charge >= 0.3 is 0 Å². The van der Waals surface area contributed by atoms with Crippen LogP contribution in [0.4, 0.5) is 4.39 Å². The fourth-order valence-corrected chi connectivity index (χ4v) is 5.71. The number of fused-ring (bicyclic) bond motifs is 1. The minimum atomic E-state index is -0.182. The van der Waals surface area contributed by atoms with Crippen molar-refractivity contribution in [2.45, 2.75) is 31.7 Å². The Morgan fingerprint density at radius 1 is 1.17 bits per heavy atom. The quantitative estimate of drug-likeness (QED) is 0.725. The first-order chi connectivity index (χ1) is 14.2. The maximum Gasteiger partial charge on any atom is 0.123 e. The molecule has 4 rings (SSSR count).